The van der Waals surface area contributed by atoms with Gasteiger partial charge in [0.1, 0.15) is 12.7 Å². The number of hydrogen-bond acceptors (Lipinski definition) is 4. The van der Waals surface area contributed by atoms with Gasteiger partial charge in [0.15, 0.2) is 11.5 Å². The summed E-state index contributed by atoms with van der Waals surface area (Å²) in [5.41, 5.74) is 6.23. The first-order valence-corrected chi connectivity index (χ1v) is 6.35. The van der Waals surface area contributed by atoms with E-state index in [1.165, 1.54) is 0 Å². The lowest BCUT2D eigenvalue weighted by atomic mass is 9.94. The Hall–Kier alpha value is -1.26. The number of fused-ring (bicyclic) bond motifs is 1. The van der Waals surface area contributed by atoms with Crippen LogP contribution in [0.15, 0.2) is 24.3 Å². The molecular formula is C14H21NO3. The molecule has 0 bridgehead atoms. The van der Waals surface area contributed by atoms with Gasteiger partial charge < -0.3 is 19.9 Å². The first kappa shape index (κ1) is 13.2. The highest BCUT2D eigenvalue weighted by molar-refractivity contribution is 5.40. The Labute approximate surface area is 108 Å². The molecule has 0 radical (unpaired) electrons. The maximum absolute atomic E-state index is 6.23. The molecule has 1 aromatic rings. The zero-order valence-electron chi connectivity index (χ0n) is 11.0. The molecule has 2 rings (SSSR count). The Morgan fingerprint density at radius 1 is 1.39 bits per heavy atom. The molecule has 4 nitrogen and oxygen atoms in total. The van der Waals surface area contributed by atoms with E-state index in [-0.39, 0.29) is 12.1 Å². The molecule has 0 amide bonds. The number of methoxy groups -OCH3 is 1. The van der Waals surface area contributed by atoms with E-state index < -0.39 is 0 Å². The summed E-state index contributed by atoms with van der Waals surface area (Å²) in [6.07, 6.45) is 0.839. The minimum absolute atomic E-state index is 0.0477. The van der Waals surface area contributed by atoms with Gasteiger partial charge in [-0.1, -0.05) is 19.1 Å². The van der Waals surface area contributed by atoms with Gasteiger partial charge in [-0.15, -0.1) is 0 Å². The molecule has 100 valence electrons. The van der Waals surface area contributed by atoms with Crippen LogP contribution in [0.25, 0.3) is 0 Å². The third-order valence-electron chi connectivity index (χ3n) is 3.39. The molecule has 3 atom stereocenters. The van der Waals surface area contributed by atoms with Crippen molar-refractivity contribution in [1.29, 1.82) is 0 Å². The van der Waals surface area contributed by atoms with E-state index in [0.717, 1.165) is 24.5 Å². The van der Waals surface area contributed by atoms with Crippen molar-refractivity contribution < 1.29 is 14.2 Å². The van der Waals surface area contributed by atoms with Gasteiger partial charge in [0, 0.05) is 19.8 Å². The summed E-state index contributed by atoms with van der Waals surface area (Å²) in [6, 6.07) is 7.64. The van der Waals surface area contributed by atoms with Gasteiger partial charge in [0.2, 0.25) is 0 Å². The molecule has 1 heterocycles. The molecule has 0 saturated carbocycles. The molecular weight excluding hydrogens is 230 g/mol. The predicted molar refractivity (Wildman–Crippen MR) is 70.0 cm³/mol. The highest BCUT2D eigenvalue weighted by atomic mass is 16.6. The first-order valence-electron chi connectivity index (χ1n) is 6.35. The van der Waals surface area contributed by atoms with Crippen molar-refractivity contribution in [3.63, 3.8) is 0 Å². The largest absolute Gasteiger partial charge is 0.486 e. The van der Waals surface area contributed by atoms with Gasteiger partial charge in [-0.2, -0.15) is 0 Å². The van der Waals surface area contributed by atoms with Crippen LogP contribution in [-0.2, 0) is 4.74 Å². The van der Waals surface area contributed by atoms with Crippen LogP contribution in [0.4, 0.5) is 0 Å². The fraction of sp³-hybridized carbons (Fsp3) is 0.571. The molecule has 4 heteroatoms. The van der Waals surface area contributed by atoms with E-state index in [1.54, 1.807) is 7.11 Å². The molecule has 1 aromatic carbocycles. The van der Waals surface area contributed by atoms with E-state index in [4.69, 9.17) is 19.9 Å². The Bertz CT molecular complexity index is 383. The summed E-state index contributed by atoms with van der Waals surface area (Å²) in [7, 11) is 1.70. The third-order valence-corrected chi connectivity index (χ3v) is 3.39. The van der Waals surface area contributed by atoms with Crippen LogP contribution in [0, 0.1) is 5.92 Å². The van der Waals surface area contributed by atoms with Crippen LogP contribution in [0.1, 0.15) is 13.3 Å². The van der Waals surface area contributed by atoms with E-state index in [9.17, 15) is 0 Å². The Morgan fingerprint density at radius 2 is 2.11 bits per heavy atom. The Kier molecular flexibility index (Phi) is 4.44. The molecule has 2 N–H and O–H groups in total. The van der Waals surface area contributed by atoms with Crippen LogP contribution >= 0.6 is 0 Å². The van der Waals surface area contributed by atoms with Crippen LogP contribution in [-0.4, -0.2) is 32.5 Å². The maximum Gasteiger partial charge on any atom is 0.161 e. The molecule has 0 saturated heterocycles. The maximum atomic E-state index is 6.23. The van der Waals surface area contributed by atoms with Gasteiger partial charge in [0.05, 0.1) is 0 Å². The second kappa shape index (κ2) is 6.07. The molecule has 18 heavy (non-hydrogen) atoms. The Balaban J connectivity index is 1.95. The molecule has 1 aliphatic rings. The fourth-order valence-corrected chi connectivity index (χ4v) is 2.09. The van der Waals surface area contributed by atoms with Gasteiger partial charge >= 0.3 is 0 Å². The fourth-order valence-electron chi connectivity index (χ4n) is 2.09. The number of para-hydroxylation sites is 2. The average molecular weight is 251 g/mol. The average Bonchev–Trinajstić information content (AvgIpc) is 2.43. The zero-order chi connectivity index (χ0) is 13.0. The second-order valence-corrected chi connectivity index (χ2v) is 4.75. The lowest BCUT2D eigenvalue weighted by molar-refractivity contribution is 0.0526. The number of benzene rings is 1. The standard InChI is InChI=1S/C14H21NO3/c1-10(7-8-16-2)14(15)13-9-17-11-5-3-4-6-12(11)18-13/h3-6,10,13-14H,7-9,15H2,1-2H3. The quantitative estimate of drug-likeness (QED) is 0.867. The number of rotatable bonds is 5. The zero-order valence-corrected chi connectivity index (χ0v) is 11.0. The normalized spacial score (nSPS) is 21.4. The van der Waals surface area contributed by atoms with Crippen molar-refractivity contribution >= 4 is 0 Å². The highest BCUT2D eigenvalue weighted by Gasteiger charge is 2.29. The van der Waals surface area contributed by atoms with Gasteiger partial charge in [0.25, 0.3) is 0 Å². The molecule has 1 aliphatic heterocycles. The summed E-state index contributed by atoms with van der Waals surface area (Å²) in [6.45, 7) is 3.35. The van der Waals surface area contributed by atoms with Crippen LogP contribution in [0.5, 0.6) is 11.5 Å². The summed E-state index contributed by atoms with van der Waals surface area (Å²) in [5.74, 6) is 1.91. The first-order chi connectivity index (χ1) is 8.72. The monoisotopic (exact) mass is 251 g/mol. The van der Waals surface area contributed by atoms with E-state index >= 15 is 0 Å². The SMILES string of the molecule is COCCC(C)C(N)C1COc2ccccc2O1. The predicted octanol–water partition coefficient (Wildman–Crippen LogP) is 1.83. The second-order valence-electron chi connectivity index (χ2n) is 4.75. The van der Waals surface area contributed by atoms with Crippen LogP contribution in [0.3, 0.4) is 0 Å². The summed E-state index contributed by atoms with van der Waals surface area (Å²) in [5, 5.41) is 0. The molecule has 0 aromatic heterocycles. The minimum Gasteiger partial charge on any atom is -0.486 e. The van der Waals surface area contributed by atoms with Crippen molar-refractivity contribution in [2.75, 3.05) is 20.3 Å². The van der Waals surface area contributed by atoms with Crippen LogP contribution in [0.2, 0.25) is 0 Å². The molecule has 3 unspecified atom stereocenters. The third kappa shape index (κ3) is 2.94. The van der Waals surface area contributed by atoms with E-state index in [2.05, 4.69) is 6.92 Å². The van der Waals surface area contributed by atoms with Crippen molar-refractivity contribution in [2.45, 2.75) is 25.5 Å². The van der Waals surface area contributed by atoms with Gasteiger partial charge in [-0.05, 0) is 24.5 Å². The molecule has 0 fully saturated rings. The van der Waals surface area contributed by atoms with Gasteiger partial charge in [-0.25, -0.2) is 0 Å². The number of ether oxygens (including phenoxy) is 3. The van der Waals surface area contributed by atoms with Crippen LogP contribution < -0.4 is 15.2 Å². The lowest BCUT2D eigenvalue weighted by Crippen LogP contribution is -2.48. The Morgan fingerprint density at radius 3 is 2.83 bits per heavy atom. The summed E-state index contributed by atoms with van der Waals surface area (Å²) in [4.78, 5) is 0. The van der Waals surface area contributed by atoms with Crippen molar-refractivity contribution in [2.24, 2.45) is 11.7 Å². The molecule has 0 spiro atoms. The summed E-state index contributed by atoms with van der Waals surface area (Å²) >= 11 is 0. The van der Waals surface area contributed by atoms with Crippen molar-refractivity contribution in [1.82, 2.24) is 0 Å². The van der Waals surface area contributed by atoms with Crippen molar-refractivity contribution in [3.8, 4) is 11.5 Å². The summed E-state index contributed by atoms with van der Waals surface area (Å²) < 4.78 is 16.7. The van der Waals surface area contributed by atoms with E-state index in [0.29, 0.717) is 12.5 Å². The molecule has 0 aliphatic carbocycles. The van der Waals surface area contributed by atoms with Gasteiger partial charge in [-0.3, -0.25) is 0 Å². The lowest BCUT2D eigenvalue weighted by Gasteiger charge is -2.33. The minimum atomic E-state index is -0.0910. The number of nitrogens with two attached hydrogens (primary N) is 1. The topological polar surface area (TPSA) is 53.7 Å². The van der Waals surface area contributed by atoms with Crippen molar-refractivity contribution in [3.05, 3.63) is 24.3 Å². The smallest absolute Gasteiger partial charge is 0.161 e. The highest BCUT2D eigenvalue weighted by Crippen LogP contribution is 2.32. The number of hydrogen-bond donors (Lipinski definition) is 1. The van der Waals surface area contributed by atoms with E-state index in [1.807, 2.05) is 24.3 Å².